The number of nitrogens with one attached hydrogen (secondary N) is 1. The molecule has 4 nitrogen and oxygen atoms in total. The van der Waals surface area contributed by atoms with E-state index in [1.54, 1.807) is 0 Å². The van der Waals surface area contributed by atoms with Gasteiger partial charge in [-0.2, -0.15) is 5.48 Å². The number of carbonyl (C=O) groups is 1. The first-order chi connectivity index (χ1) is 8.24. The standard InChI is InChI=1S/C13H16N2O2.ClH/c1-9-2-4-10(5-3-9)13(16)15-6-11-8-17-14-12(11)7-15;/h2-5,11-12,14H,6-8H2,1H3;1H. The SMILES string of the molecule is Cc1ccc(C(=O)N2CC3CONC3C2)cc1.Cl. The van der Waals surface area contributed by atoms with Crippen LogP contribution in [0, 0.1) is 12.8 Å². The Morgan fingerprint density at radius 2 is 2.06 bits per heavy atom. The third-order valence-corrected chi connectivity index (χ3v) is 3.56. The molecule has 0 bridgehead atoms. The minimum Gasteiger partial charge on any atom is -0.337 e. The lowest BCUT2D eigenvalue weighted by Gasteiger charge is -2.17. The largest absolute Gasteiger partial charge is 0.337 e. The topological polar surface area (TPSA) is 41.6 Å². The van der Waals surface area contributed by atoms with Crippen LogP contribution in [-0.4, -0.2) is 36.5 Å². The number of amides is 1. The monoisotopic (exact) mass is 268 g/mol. The minimum atomic E-state index is 0. The first kappa shape index (κ1) is 13.3. The highest BCUT2D eigenvalue weighted by molar-refractivity contribution is 5.94. The molecule has 2 heterocycles. The summed E-state index contributed by atoms with van der Waals surface area (Å²) < 4.78 is 0. The van der Waals surface area contributed by atoms with Crippen molar-refractivity contribution in [3.8, 4) is 0 Å². The number of hydroxylamine groups is 1. The van der Waals surface area contributed by atoms with Crippen LogP contribution in [0.15, 0.2) is 24.3 Å². The highest BCUT2D eigenvalue weighted by Gasteiger charge is 2.39. The van der Waals surface area contributed by atoms with Crippen molar-refractivity contribution in [2.24, 2.45) is 5.92 Å². The third kappa shape index (κ3) is 2.36. The molecule has 1 aromatic rings. The summed E-state index contributed by atoms with van der Waals surface area (Å²) in [6, 6.07) is 8.06. The van der Waals surface area contributed by atoms with Crippen molar-refractivity contribution in [2.45, 2.75) is 13.0 Å². The van der Waals surface area contributed by atoms with Crippen molar-refractivity contribution in [2.75, 3.05) is 19.7 Å². The Labute approximate surface area is 113 Å². The van der Waals surface area contributed by atoms with Gasteiger partial charge in [0.05, 0.1) is 12.6 Å². The molecular weight excluding hydrogens is 252 g/mol. The molecule has 0 radical (unpaired) electrons. The molecule has 2 aliphatic heterocycles. The summed E-state index contributed by atoms with van der Waals surface area (Å²) in [7, 11) is 0. The molecule has 18 heavy (non-hydrogen) atoms. The van der Waals surface area contributed by atoms with Crippen LogP contribution in [0.2, 0.25) is 0 Å². The van der Waals surface area contributed by atoms with Gasteiger partial charge in [0.15, 0.2) is 0 Å². The lowest BCUT2D eigenvalue weighted by molar-refractivity contribution is 0.0605. The molecule has 1 aromatic carbocycles. The van der Waals surface area contributed by atoms with Crippen LogP contribution < -0.4 is 5.48 Å². The maximum Gasteiger partial charge on any atom is 0.253 e. The van der Waals surface area contributed by atoms with E-state index in [2.05, 4.69) is 5.48 Å². The average molecular weight is 269 g/mol. The van der Waals surface area contributed by atoms with Gasteiger partial charge in [-0.1, -0.05) is 17.7 Å². The second-order valence-corrected chi connectivity index (χ2v) is 4.87. The first-order valence-corrected chi connectivity index (χ1v) is 5.97. The predicted molar refractivity (Wildman–Crippen MR) is 70.7 cm³/mol. The molecule has 2 unspecified atom stereocenters. The number of hydrogen-bond acceptors (Lipinski definition) is 3. The molecule has 2 saturated heterocycles. The molecule has 1 N–H and O–H groups in total. The van der Waals surface area contributed by atoms with Crippen LogP contribution in [0.25, 0.3) is 0 Å². The smallest absolute Gasteiger partial charge is 0.253 e. The van der Waals surface area contributed by atoms with Gasteiger partial charge in [0.1, 0.15) is 0 Å². The molecule has 3 rings (SSSR count). The van der Waals surface area contributed by atoms with Gasteiger partial charge < -0.3 is 9.74 Å². The Morgan fingerprint density at radius 1 is 1.33 bits per heavy atom. The lowest BCUT2D eigenvalue weighted by Crippen LogP contribution is -2.33. The normalized spacial score (nSPS) is 25.7. The molecule has 5 heteroatoms. The molecule has 0 aromatic heterocycles. The van der Waals surface area contributed by atoms with E-state index in [1.807, 2.05) is 36.1 Å². The maximum absolute atomic E-state index is 12.2. The summed E-state index contributed by atoms with van der Waals surface area (Å²) in [5, 5.41) is 0. The number of rotatable bonds is 1. The summed E-state index contributed by atoms with van der Waals surface area (Å²) >= 11 is 0. The number of aryl methyl sites for hydroxylation is 1. The zero-order valence-electron chi connectivity index (χ0n) is 10.3. The van der Waals surface area contributed by atoms with E-state index in [0.717, 1.165) is 18.7 Å². The van der Waals surface area contributed by atoms with Crippen molar-refractivity contribution >= 4 is 18.3 Å². The number of nitrogens with zero attached hydrogens (tertiary/aromatic N) is 1. The van der Waals surface area contributed by atoms with Crippen LogP contribution in [0.1, 0.15) is 15.9 Å². The number of carbonyl (C=O) groups excluding carboxylic acids is 1. The first-order valence-electron chi connectivity index (χ1n) is 5.97. The summed E-state index contributed by atoms with van der Waals surface area (Å²) in [5.74, 6) is 0.575. The number of hydrogen-bond donors (Lipinski definition) is 1. The zero-order valence-corrected chi connectivity index (χ0v) is 11.1. The van der Waals surface area contributed by atoms with Gasteiger partial charge in [-0.25, -0.2) is 0 Å². The summed E-state index contributed by atoms with van der Waals surface area (Å²) in [6.45, 7) is 4.28. The molecule has 98 valence electrons. The van der Waals surface area contributed by atoms with Crippen molar-refractivity contribution < 1.29 is 9.63 Å². The van der Waals surface area contributed by atoms with E-state index in [1.165, 1.54) is 5.56 Å². The molecule has 0 aliphatic carbocycles. The van der Waals surface area contributed by atoms with Crippen LogP contribution in [0.4, 0.5) is 0 Å². The van der Waals surface area contributed by atoms with Crippen LogP contribution in [-0.2, 0) is 4.84 Å². The summed E-state index contributed by atoms with van der Waals surface area (Å²) in [4.78, 5) is 19.3. The lowest BCUT2D eigenvalue weighted by atomic mass is 10.1. The summed E-state index contributed by atoms with van der Waals surface area (Å²) in [5.41, 5.74) is 4.92. The predicted octanol–water partition coefficient (Wildman–Crippen LogP) is 1.39. The van der Waals surface area contributed by atoms with E-state index < -0.39 is 0 Å². The van der Waals surface area contributed by atoms with Crippen LogP contribution in [0.3, 0.4) is 0 Å². The summed E-state index contributed by atoms with van der Waals surface area (Å²) in [6.07, 6.45) is 0. The highest BCUT2D eigenvalue weighted by Crippen LogP contribution is 2.23. The van der Waals surface area contributed by atoms with E-state index in [9.17, 15) is 4.79 Å². The molecule has 2 atom stereocenters. The highest BCUT2D eigenvalue weighted by atomic mass is 35.5. The fourth-order valence-electron chi connectivity index (χ4n) is 2.48. The number of likely N-dealkylation sites (tertiary alicyclic amines) is 1. The van der Waals surface area contributed by atoms with E-state index in [0.29, 0.717) is 18.6 Å². The van der Waals surface area contributed by atoms with Gasteiger partial charge >= 0.3 is 0 Å². The Kier molecular flexibility index (Phi) is 3.90. The van der Waals surface area contributed by atoms with E-state index in [4.69, 9.17) is 4.84 Å². The molecule has 2 aliphatic rings. The molecule has 1 amide bonds. The van der Waals surface area contributed by atoms with Crippen molar-refractivity contribution in [1.29, 1.82) is 0 Å². The van der Waals surface area contributed by atoms with E-state index in [-0.39, 0.29) is 18.3 Å². The van der Waals surface area contributed by atoms with Crippen LogP contribution in [0.5, 0.6) is 0 Å². The number of halogens is 1. The van der Waals surface area contributed by atoms with Gasteiger partial charge in [-0.15, -0.1) is 12.4 Å². The molecule has 0 saturated carbocycles. The van der Waals surface area contributed by atoms with E-state index >= 15 is 0 Å². The zero-order chi connectivity index (χ0) is 11.8. The van der Waals surface area contributed by atoms with Gasteiger partial charge in [0.2, 0.25) is 0 Å². The number of fused-ring (bicyclic) bond motifs is 1. The van der Waals surface area contributed by atoms with Gasteiger partial charge in [0.25, 0.3) is 5.91 Å². The average Bonchev–Trinajstić information content (AvgIpc) is 2.89. The van der Waals surface area contributed by atoms with Crippen LogP contribution >= 0.6 is 12.4 Å². The van der Waals surface area contributed by atoms with Gasteiger partial charge in [-0.05, 0) is 19.1 Å². The second kappa shape index (κ2) is 5.26. The third-order valence-electron chi connectivity index (χ3n) is 3.56. The van der Waals surface area contributed by atoms with Crippen molar-refractivity contribution in [1.82, 2.24) is 10.4 Å². The fraction of sp³-hybridized carbons (Fsp3) is 0.462. The Balaban J connectivity index is 0.00000120. The molecular formula is C13H17ClN2O2. The Morgan fingerprint density at radius 3 is 2.72 bits per heavy atom. The molecule has 2 fully saturated rings. The second-order valence-electron chi connectivity index (χ2n) is 4.87. The fourth-order valence-corrected chi connectivity index (χ4v) is 2.48. The maximum atomic E-state index is 12.2. The van der Waals surface area contributed by atoms with Crippen molar-refractivity contribution in [3.05, 3.63) is 35.4 Å². The van der Waals surface area contributed by atoms with Gasteiger partial charge in [0, 0.05) is 24.6 Å². The Bertz CT molecular complexity index is 423. The van der Waals surface area contributed by atoms with Crippen molar-refractivity contribution in [3.63, 3.8) is 0 Å². The molecule has 0 spiro atoms. The minimum absolute atomic E-state index is 0. The number of benzene rings is 1. The Hall–Kier alpha value is -1.10. The van der Waals surface area contributed by atoms with Gasteiger partial charge in [-0.3, -0.25) is 4.79 Å². The quantitative estimate of drug-likeness (QED) is 0.837.